The average Bonchev–Trinajstić information content (AvgIpc) is 3.28. The second-order valence-corrected chi connectivity index (χ2v) is 7.72. The van der Waals surface area contributed by atoms with E-state index in [1.807, 2.05) is 42.7 Å². The Hall–Kier alpha value is -3.85. The lowest BCUT2D eigenvalue weighted by molar-refractivity contribution is -0.384. The summed E-state index contributed by atoms with van der Waals surface area (Å²) in [5.41, 5.74) is 5.35. The van der Waals surface area contributed by atoms with E-state index in [0.29, 0.717) is 10.3 Å². The molecule has 1 amide bonds. The first-order chi connectivity index (χ1) is 14.4. The number of hydrogen-bond donors (Lipinski definition) is 1. The smallest absolute Gasteiger partial charge is 0.281 e. The highest BCUT2D eigenvalue weighted by Gasteiger charge is 2.13. The lowest BCUT2D eigenvalue weighted by atomic mass is 10.2. The van der Waals surface area contributed by atoms with Gasteiger partial charge in [-0.15, -0.1) is 11.3 Å². The molecule has 0 aliphatic carbocycles. The zero-order valence-electron chi connectivity index (χ0n) is 16.2. The number of thiophene rings is 1. The number of rotatable bonds is 5. The molecule has 3 aromatic heterocycles. The van der Waals surface area contributed by atoms with Crippen molar-refractivity contribution in [2.75, 3.05) is 0 Å². The zero-order chi connectivity index (χ0) is 21.3. The number of pyridine rings is 1. The maximum absolute atomic E-state index is 12.4. The summed E-state index contributed by atoms with van der Waals surface area (Å²) >= 11 is 1.26. The van der Waals surface area contributed by atoms with Gasteiger partial charge in [-0.1, -0.05) is 6.07 Å². The zero-order valence-corrected chi connectivity index (χ0v) is 17.0. The highest BCUT2D eigenvalue weighted by atomic mass is 32.1. The predicted octanol–water partition coefficient (Wildman–Crippen LogP) is 4.38. The number of carbonyl (C=O) groups excluding carboxylic acids is 1. The standard InChI is InChI=1S/C21H17N5O3S/c1-13-9-16(14(2)25(13)20-5-3-4-8-22-20)12-23-24-21(27)19-11-15-10-17(26(28)29)6-7-18(15)30-19/h3-12H,1-2H3,(H,24,27)/b23-12-. The molecule has 0 spiro atoms. The number of aryl methyl sites for hydroxylation is 1. The van der Waals surface area contributed by atoms with Crippen LogP contribution in [0.25, 0.3) is 15.9 Å². The number of nitrogens with zero attached hydrogens (tertiary/aromatic N) is 4. The summed E-state index contributed by atoms with van der Waals surface area (Å²) in [6.07, 6.45) is 3.33. The monoisotopic (exact) mass is 419 g/mol. The Kier molecular flexibility index (Phi) is 5.11. The number of benzene rings is 1. The van der Waals surface area contributed by atoms with E-state index in [4.69, 9.17) is 0 Å². The Labute approximate surface area is 175 Å². The summed E-state index contributed by atoms with van der Waals surface area (Å²) in [5, 5.41) is 15.6. The van der Waals surface area contributed by atoms with Crippen molar-refractivity contribution in [1.82, 2.24) is 15.0 Å². The van der Waals surface area contributed by atoms with Crippen molar-refractivity contribution >= 4 is 39.2 Å². The van der Waals surface area contributed by atoms with Crippen LogP contribution in [0.1, 0.15) is 26.6 Å². The first-order valence-electron chi connectivity index (χ1n) is 9.06. The van der Waals surface area contributed by atoms with Gasteiger partial charge in [0.05, 0.1) is 16.0 Å². The Bertz CT molecular complexity index is 1290. The number of carbonyl (C=O) groups is 1. The van der Waals surface area contributed by atoms with Crippen molar-refractivity contribution in [2.24, 2.45) is 5.10 Å². The van der Waals surface area contributed by atoms with Crippen molar-refractivity contribution in [3.63, 3.8) is 0 Å². The molecular formula is C21H17N5O3S. The molecule has 0 fully saturated rings. The quantitative estimate of drug-likeness (QED) is 0.295. The van der Waals surface area contributed by atoms with Crippen LogP contribution in [0.5, 0.6) is 0 Å². The number of fused-ring (bicyclic) bond motifs is 1. The fourth-order valence-electron chi connectivity index (χ4n) is 3.23. The van der Waals surface area contributed by atoms with Crippen LogP contribution >= 0.6 is 11.3 Å². The summed E-state index contributed by atoms with van der Waals surface area (Å²) in [6.45, 7) is 3.94. The molecule has 150 valence electrons. The molecule has 0 atom stereocenters. The summed E-state index contributed by atoms with van der Waals surface area (Å²) in [4.78, 5) is 27.7. The molecule has 0 saturated heterocycles. The minimum absolute atomic E-state index is 0.00598. The molecular weight excluding hydrogens is 402 g/mol. The summed E-state index contributed by atoms with van der Waals surface area (Å²) in [5.74, 6) is 0.448. The second kappa shape index (κ2) is 7.88. The number of amides is 1. The summed E-state index contributed by atoms with van der Waals surface area (Å²) in [6, 6.07) is 13.8. The molecule has 1 N–H and O–H groups in total. The molecule has 9 heteroatoms. The molecule has 0 bridgehead atoms. The minimum Gasteiger partial charge on any atom is -0.303 e. The van der Waals surface area contributed by atoms with Crippen LogP contribution in [0.2, 0.25) is 0 Å². The van der Waals surface area contributed by atoms with Gasteiger partial charge in [-0.2, -0.15) is 5.10 Å². The van der Waals surface area contributed by atoms with Crippen LogP contribution in [0.3, 0.4) is 0 Å². The van der Waals surface area contributed by atoms with Crippen LogP contribution < -0.4 is 5.43 Å². The van der Waals surface area contributed by atoms with Crippen molar-refractivity contribution in [3.05, 3.63) is 86.7 Å². The fraction of sp³-hybridized carbons (Fsp3) is 0.0952. The molecule has 0 radical (unpaired) electrons. The highest BCUT2D eigenvalue weighted by Crippen LogP contribution is 2.29. The van der Waals surface area contributed by atoms with Crippen molar-refractivity contribution in [2.45, 2.75) is 13.8 Å². The van der Waals surface area contributed by atoms with Gasteiger partial charge >= 0.3 is 0 Å². The van der Waals surface area contributed by atoms with E-state index in [1.165, 1.54) is 23.5 Å². The van der Waals surface area contributed by atoms with Crippen LogP contribution in [-0.2, 0) is 0 Å². The van der Waals surface area contributed by atoms with Crippen LogP contribution in [0, 0.1) is 24.0 Å². The number of hydrogen-bond acceptors (Lipinski definition) is 6. The lowest BCUT2D eigenvalue weighted by Crippen LogP contribution is -2.16. The molecule has 3 heterocycles. The Morgan fingerprint density at radius 3 is 2.80 bits per heavy atom. The number of nitro groups is 1. The lowest BCUT2D eigenvalue weighted by Gasteiger charge is -2.07. The average molecular weight is 419 g/mol. The molecule has 4 rings (SSSR count). The molecule has 4 aromatic rings. The van der Waals surface area contributed by atoms with Crippen LogP contribution in [-0.4, -0.2) is 26.6 Å². The molecule has 30 heavy (non-hydrogen) atoms. The topological polar surface area (TPSA) is 102 Å². The number of nitrogens with one attached hydrogen (secondary N) is 1. The van der Waals surface area contributed by atoms with Gasteiger partial charge in [0.25, 0.3) is 11.6 Å². The van der Waals surface area contributed by atoms with Gasteiger partial charge in [0.15, 0.2) is 0 Å². The number of non-ortho nitro benzene ring substituents is 1. The van der Waals surface area contributed by atoms with Gasteiger partial charge in [0.1, 0.15) is 5.82 Å². The van der Waals surface area contributed by atoms with E-state index < -0.39 is 4.92 Å². The van der Waals surface area contributed by atoms with Gasteiger partial charge < -0.3 is 4.57 Å². The first-order valence-corrected chi connectivity index (χ1v) is 9.87. The molecule has 0 saturated carbocycles. The van der Waals surface area contributed by atoms with Gasteiger partial charge in [-0.25, -0.2) is 10.4 Å². The van der Waals surface area contributed by atoms with Gasteiger partial charge in [0.2, 0.25) is 0 Å². The molecule has 1 aromatic carbocycles. The number of nitro benzene ring substituents is 1. The third kappa shape index (κ3) is 3.70. The maximum atomic E-state index is 12.4. The third-order valence-electron chi connectivity index (χ3n) is 4.65. The molecule has 0 aliphatic heterocycles. The first kappa shape index (κ1) is 19.5. The fourth-order valence-corrected chi connectivity index (χ4v) is 4.16. The largest absolute Gasteiger partial charge is 0.303 e. The van der Waals surface area contributed by atoms with E-state index in [9.17, 15) is 14.9 Å². The third-order valence-corrected chi connectivity index (χ3v) is 5.77. The minimum atomic E-state index is -0.456. The van der Waals surface area contributed by atoms with Crippen molar-refractivity contribution in [3.8, 4) is 5.82 Å². The van der Waals surface area contributed by atoms with E-state index >= 15 is 0 Å². The Balaban J connectivity index is 1.52. The van der Waals surface area contributed by atoms with Gasteiger partial charge in [-0.05, 0) is 44.2 Å². The van der Waals surface area contributed by atoms with Crippen molar-refractivity contribution < 1.29 is 9.72 Å². The van der Waals surface area contributed by atoms with E-state index in [0.717, 1.165) is 27.5 Å². The van der Waals surface area contributed by atoms with Crippen LogP contribution in [0.15, 0.2) is 59.8 Å². The summed E-state index contributed by atoms with van der Waals surface area (Å²) in [7, 11) is 0. The molecule has 8 nitrogen and oxygen atoms in total. The highest BCUT2D eigenvalue weighted by molar-refractivity contribution is 7.20. The summed E-state index contributed by atoms with van der Waals surface area (Å²) < 4.78 is 2.82. The molecule has 0 aliphatic rings. The van der Waals surface area contributed by atoms with E-state index in [2.05, 4.69) is 15.5 Å². The predicted molar refractivity (Wildman–Crippen MR) is 117 cm³/mol. The maximum Gasteiger partial charge on any atom is 0.281 e. The number of hydrazone groups is 1. The van der Waals surface area contributed by atoms with Crippen LogP contribution in [0.4, 0.5) is 5.69 Å². The van der Waals surface area contributed by atoms with Gasteiger partial charge in [-0.3, -0.25) is 14.9 Å². The molecule has 0 unspecified atom stereocenters. The van der Waals surface area contributed by atoms with Crippen molar-refractivity contribution in [1.29, 1.82) is 0 Å². The second-order valence-electron chi connectivity index (χ2n) is 6.64. The van der Waals surface area contributed by atoms with E-state index in [-0.39, 0.29) is 11.6 Å². The SMILES string of the molecule is Cc1cc(/C=N\NC(=O)c2cc3cc([N+](=O)[O-])ccc3s2)c(C)n1-c1ccccn1. The van der Waals surface area contributed by atoms with Gasteiger partial charge in [0, 0.05) is 45.4 Å². The number of aromatic nitrogens is 2. The Morgan fingerprint density at radius 1 is 1.23 bits per heavy atom. The Morgan fingerprint density at radius 2 is 2.07 bits per heavy atom. The normalized spacial score (nSPS) is 11.3. The van der Waals surface area contributed by atoms with E-state index in [1.54, 1.807) is 24.5 Å².